The number of morpholine rings is 1. The first-order valence-corrected chi connectivity index (χ1v) is 17.3. The van der Waals surface area contributed by atoms with Gasteiger partial charge in [0.1, 0.15) is 6.10 Å². The zero-order valence-corrected chi connectivity index (χ0v) is 26.9. The van der Waals surface area contributed by atoms with Crippen LogP contribution in [0, 0.1) is 0 Å². The lowest BCUT2D eigenvalue weighted by molar-refractivity contribution is -0.153. The van der Waals surface area contributed by atoms with Crippen LogP contribution in [0.4, 0.5) is 26.3 Å². The van der Waals surface area contributed by atoms with Crippen LogP contribution in [0.3, 0.4) is 0 Å². The number of carbonyl (C=O) groups excluding carboxylic acids is 1. The van der Waals surface area contributed by atoms with E-state index in [9.17, 15) is 31.1 Å². The van der Waals surface area contributed by atoms with Gasteiger partial charge in [-0.1, -0.05) is 57.7 Å². The quantitative estimate of drug-likeness (QED) is 0.148. The van der Waals surface area contributed by atoms with E-state index in [1.807, 2.05) is 0 Å². The van der Waals surface area contributed by atoms with Crippen molar-refractivity contribution in [3.05, 3.63) is 82.9 Å². The fourth-order valence-electron chi connectivity index (χ4n) is 4.62. The number of rotatable bonds is 10. The smallest absolute Gasteiger partial charge is 0.413 e. The van der Waals surface area contributed by atoms with Gasteiger partial charge in [-0.3, -0.25) is 4.79 Å². The van der Waals surface area contributed by atoms with Crippen molar-refractivity contribution in [2.24, 2.45) is 0 Å². The molecule has 0 spiro atoms. The van der Waals surface area contributed by atoms with Crippen LogP contribution in [0.2, 0.25) is 18.1 Å². The fraction of sp³-hybridized carbons (Fsp3) is 0.531. The van der Waals surface area contributed by atoms with Gasteiger partial charge in [0, 0.05) is 19.0 Å². The van der Waals surface area contributed by atoms with E-state index in [4.69, 9.17) is 13.9 Å². The van der Waals surface area contributed by atoms with Crippen molar-refractivity contribution in [3.8, 4) is 0 Å². The lowest BCUT2D eigenvalue weighted by Crippen LogP contribution is -2.49. The Morgan fingerprint density at radius 2 is 1.45 bits per heavy atom. The molecule has 1 fully saturated rings. The largest absolute Gasteiger partial charge is 0.416 e. The molecule has 44 heavy (non-hydrogen) atoms. The number of benzene rings is 2. The van der Waals surface area contributed by atoms with Gasteiger partial charge in [-0.15, -0.1) is 0 Å². The van der Waals surface area contributed by atoms with Crippen LogP contribution in [-0.4, -0.2) is 58.1 Å². The van der Waals surface area contributed by atoms with Gasteiger partial charge >= 0.3 is 12.4 Å². The summed E-state index contributed by atoms with van der Waals surface area (Å²) in [7, 11) is -2.27. The van der Waals surface area contributed by atoms with Gasteiger partial charge in [-0.2, -0.15) is 26.3 Å². The lowest BCUT2D eigenvalue weighted by Gasteiger charge is -2.39. The Kier molecular flexibility index (Phi) is 11.2. The molecule has 0 unspecified atom stereocenters. The Bertz CT molecular complexity index is 1250. The monoisotopic (exact) mass is 645 g/mol. The molecule has 0 N–H and O–H groups in total. The Morgan fingerprint density at radius 1 is 0.932 bits per heavy atom. The van der Waals surface area contributed by atoms with Crippen LogP contribution >= 0.6 is 0 Å². The summed E-state index contributed by atoms with van der Waals surface area (Å²) >= 11 is 0. The molecule has 0 aliphatic carbocycles. The van der Waals surface area contributed by atoms with Gasteiger partial charge in [0.2, 0.25) is 0 Å². The Hall–Kier alpha value is -2.67. The molecule has 1 amide bonds. The van der Waals surface area contributed by atoms with Crippen molar-refractivity contribution in [2.75, 3.05) is 32.9 Å². The zero-order valence-electron chi connectivity index (χ0n) is 25.9. The van der Waals surface area contributed by atoms with Gasteiger partial charge in [0.15, 0.2) is 8.32 Å². The average Bonchev–Trinajstić information content (AvgIpc) is 2.94. The molecule has 2 aromatic rings. The summed E-state index contributed by atoms with van der Waals surface area (Å²) in [5.74, 6) is -1.28. The molecule has 1 heterocycles. The number of carbonyl (C=O) groups is 1. The highest BCUT2D eigenvalue weighted by molar-refractivity contribution is 6.74. The minimum atomic E-state index is -5.03. The van der Waals surface area contributed by atoms with Crippen molar-refractivity contribution < 1.29 is 45.0 Å². The van der Waals surface area contributed by atoms with E-state index >= 15 is 0 Å². The lowest BCUT2D eigenvalue weighted by atomic mass is 9.86. The highest BCUT2D eigenvalue weighted by atomic mass is 28.4. The van der Waals surface area contributed by atoms with E-state index in [-0.39, 0.29) is 49.6 Å². The second kappa shape index (κ2) is 13.8. The second-order valence-corrected chi connectivity index (χ2v) is 17.4. The highest BCUT2D eigenvalue weighted by Crippen LogP contribution is 2.41. The molecule has 0 aromatic heterocycles. The number of hydrogen-bond acceptors (Lipinski definition) is 4. The highest BCUT2D eigenvalue weighted by Gasteiger charge is 2.42. The van der Waals surface area contributed by atoms with Crippen LogP contribution in [0.1, 0.15) is 62.0 Å². The number of nitrogens with zero attached hydrogens (tertiary/aromatic N) is 1. The Labute approximate surface area is 256 Å². The molecule has 0 radical (unpaired) electrons. The van der Waals surface area contributed by atoms with Gasteiger partial charge in [-0.05, 0) is 60.0 Å². The summed E-state index contributed by atoms with van der Waals surface area (Å²) in [6.45, 7) is 17.1. The fourth-order valence-corrected chi connectivity index (χ4v) is 5.60. The summed E-state index contributed by atoms with van der Waals surface area (Å²) in [4.78, 5) is 15.6. The van der Waals surface area contributed by atoms with Crippen LogP contribution in [0.25, 0.3) is 0 Å². The number of halogens is 6. The van der Waals surface area contributed by atoms with E-state index in [2.05, 4.69) is 40.4 Å². The minimum Gasteiger partial charge on any atom is -0.413 e. The van der Waals surface area contributed by atoms with Crippen LogP contribution in [0.15, 0.2) is 60.7 Å². The van der Waals surface area contributed by atoms with Crippen molar-refractivity contribution >= 4 is 14.2 Å². The van der Waals surface area contributed by atoms with Crippen molar-refractivity contribution in [3.63, 3.8) is 0 Å². The van der Waals surface area contributed by atoms with Crippen LogP contribution in [0.5, 0.6) is 0 Å². The summed E-state index contributed by atoms with van der Waals surface area (Å²) < 4.78 is 100.0. The molecular weight excluding hydrogens is 604 g/mol. The standard InChI is InChI=1S/C32H41F6NO4Si/c1-21(20-42-44(6,7)30(3,4)5)27(23-11-9-8-10-12-23)28(29(40)39-13-15-41-16-14-39)43-22(2)24-17-25(31(33,34)35)19-26(18-24)32(36,37)38/h8-12,17-19,22,27-28H,1,13-16,20H2,2-7H3/t22-,27-,28-/m0/s1. The predicted octanol–water partition coefficient (Wildman–Crippen LogP) is 8.39. The minimum absolute atomic E-state index is 0.0689. The molecule has 2 aromatic carbocycles. The first kappa shape index (κ1) is 35.8. The third-order valence-electron chi connectivity index (χ3n) is 8.32. The molecule has 244 valence electrons. The maximum Gasteiger partial charge on any atom is 0.416 e. The SMILES string of the molecule is C=C(CO[Si](C)(C)C(C)(C)C)[C@@H](c1ccccc1)[C@H](O[C@@H](C)c1cc(C(F)(F)F)cc(C(F)(F)F)c1)C(=O)N1CCOCC1. The average molecular weight is 646 g/mol. The van der Waals surface area contributed by atoms with Gasteiger partial charge in [-0.25, -0.2) is 0 Å². The molecule has 0 bridgehead atoms. The number of ether oxygens (including phenoxy) is 2. The number of amides is 1. The molecule has 0 saturated carbocycles. The molecule has 3 rings (SSSR count). The van der Waals surface area contributed by atoms with Crippen LogP contribution in [-0.2, 0) is 31.0 Å². The summed E-state index contributed by atoms with van der Waals surface area (Å²) in [6.07, 6.45) is -12.7. The molecule has 1 aliphatic heterocycles. The Balaban J connectivity index is 2.09. The van der Waals surface area contributed by atoms with Gasteiger partial charge in [0.05, 0.1) is 37.1 Å². The van der Waals surface area contributed by atoms with Crippen molar-refractivity contribution in [1.29, 1.82) is 0 Å². The summed E-state index contributed by atoms with van der Waals surface area (Å²) in [5.41, 5.74) is -2.13. The zero-order chi connectivity index (χ0) is 33.1. The molecule has 5 nitrogen and oxygen atoms in total. The van der Waals surface area contributed by atoms with Gasteiger partial charge < -0.3 is 18.8 Å². The van der Waals surface area contributed by atoms with Crippen molar-refractivity contribution in [2.45, 2.75) is 76.3 Å². The normalized spacial score (nSPS) is 17.2. The van der Waals surface area contributed by atoms with E-state index < -0.39 is 55.8 Å². The van der Waals surface area contributed by atoms with E-state index in [1.165, 1.54) is 11.8 Å². The van der Waals surface area contributed by atoms with E-state index in [0.29, 0.717) is 23.3 Å². The van der Waals surface area contributed by atoms with E-state index in [1.54, 1.807) is 30.3 Å². The molecule has 1 saturated heterocycles. The molecule has 1 aliphatic rings. The topological polar surface area (TPSA) is 48.0 Å². The van der Waals surface area contributed by atoms with Crippen molar-refractivity contribution in [1.82, 2.24) is 4.90 Å². The van der Waals surface area contributed by atoms with E-state index in [0.717, 1.165) is 0 Å². The maximum absolute atomic E-state index is 14.1. The van der Waals surface area contributed by atoms with Gasteiger partial charge in [0.25, 0.3) is 5.91 Å². The molecule has 12 heteroatoms. The van der Waals surface area contributed by atoms with Crippen LogP contribution < -0.4 is 0 Å². The Morgan fingerprint density at radius 3 is 1.93 bits per heavy atom. The third kappa shape index (κ3) is 8.95. The first-order chi connectivity index (χ1) is 20.2. The maximum atomic E-state index is 14.1. The number of alkyl halides is 6. The molecule has 3 atom stereocenters. The second-order valence-electron chi connectivity index (χ2n) is 12.6. The molecular formula is C32H41F6NO4Si. The number of hydrogen-bond donors (Lipinski definition) is 0. The summed E-state index contributed by atoms with van der Waals surface area (Å²) in [6, 6.07) is 10.2. The third-order valence-corrected chi connectivity index (χ3v) is 12.8. The summed E-state index contributed by atoms with van der Waals surface area (Å²) in [5, 5.41) is -0.122. The predicted molar refractivity (Wildman–Crippen MR) is 159 cm³/mol. The first-order valence-electron chi connectivity index (χ1n) is 14.4.